The smallest absolute Gasteiger partial charge is 0.225 e. The molecule has 1 heterocycles. The highest BCUT2D eigenvalue weighted by Gasteiger charge is 2.06. The second-order valence-corrected chi connectivity index (χ2v) is 5.21. The topological polar surface area (TPSA) is 46.9 Å². The molecule has 0 spiro atoms. The van der Waals surface area contributed by atoms with Crippen molar-refractivity contribution in [2.24, 2.45) is 0 Å². The van der Waals surface area contributed by atoms with Crippen LogP contribution in [-0.4, -0.2) is 15.7 Å². The third-order valence-corrected chi connectivity index (χ3v) is 3.52. The van der Waals surface area contributed by atoms with Crippen LogP contribution in [0.1, 0.15) is 26.2 Å². The number of unbranched alkanes of at least 4 members (excludes halogenated alkanes) is 1. The van der Waals surface area contributed by atoms with Gasteiger partial charge in [0.2, 0.25) is 5.91 Å². The number of anilines is 1. The minimum Gasteiger partial charge on any atom is -0.309 e. The number of aromatic nitrogens is 2. The molecule has 2 aromatic rings. The van der Waals surface area contributed by atoms with Crippen molar-refractivity contribution in [3.63, 3.8) is 0 Å². The number of hydrogen-bond donors (Lipinski definition) is 1. The molecule has 0 aliphatic heterocycles. The molecule has 0 aliphatic rings. The molecule has 4 nitrogen and oxygen atoms in total. The Labute approximate surface area is 127 Å². The Morgan fingerprint density at radius 1 is 1.30 bits per heavy atom. The first-order valence-electron chi connectivity index (χ1n) is 6.41. The summed E-state index contributed by atoms with van der Waals surface area (Å²) in [5.74, 6) is 0.503. The van der Waals surface area contributed by atoms with Gasteiger partial charge in [0.15, 0.2) is 5.82 Å². The van der Waals surface area contributed by atoms with Crippen molar-refractivity contribution >= 4 is 34.9 Å². The van der Waals surface area contributed by atoms with Gasteiger partial charge >= 0.3 is 0 Å². The normalized spacial score (nSPS) is 10.6. The van der Waals surface area contributed by atoms with Gasteiger partial charge in [0.05, 0.1) is 15.7 Å². The minimum atomic E-state index is -0.0220. The van der Waals surface area contributed by atoms with Crippen LogP contribution in [0.3, 0.4) is 0 Å². The number of amides is 1. The maximum Gasteiger partial charge on any atom is 0.225 e. The van der Waals surface area contributed by atoms with E-state index in [0.29, 0.717) is 22.3 Å². The van der Waals surface area contributed by atoms with Crippen LogP contribution in [-0.2, 0) is 4.79 Å². The fraction of sp³-hybridized carbons (Fsp3) is 0.286. The van der Waals surface area contributed by atoms with Crippen LogP contribution in [0.5, 0.6) is 0 Å². The Morgan fingerprint density at radius 3 is 2.80 bits per heavy atom. The van der Waals surface area contributed by atoms with Crippen molar-refractivity contribution in [2.45, 2.75) is 26.2 Å². The summed E-state index contributed by atoms with van der Waals surface area (Å²) in [5, 5.41) is 8.01. The van der Waals surface area contributed by atoms with E-state index < -0.39 is 0 Å². The van der Waals surface area contributed by atoms with E-state index in [-0.39, 0.29) is 5.91 Å². The standard InChI is InChI=1S/C14H15Cl2N3O/c1-2-3-4-14(20)17-13-7-8-19(18-13)10-5-6-11(15)12(16)9-10/h5-9H,2-4H2,1H3,(H,17,18,20). The zero-order valence-electron chi connectivity index (χ0n) is 11.1. The predicted octanol–water partition coefficient (Wildman–Crippen LogP) is 4.31. The molecule has 2 rings (SSSR count). The van der Waals surface area contributed by atoms with Crippen molar-refractivity contribution < 1.29 is 4.79 Å². The molecular formula is C14H15Cl2N3O. The molecule has 106 valence electrons. The van der Waals surface area contributed by atoms with Gasteiger partial charge in [-0.25, -0.2) is 4.68 Å². The quantitative estimate of drug-likeness (QED) is 0.894. The van der Waals surface area contributed by atoms with E-state index in [1.165, 1.54) is 0 Å². The molecule has 1 N–H and O–H groups in total. The monoisotopic (exact) mass is 311 g/mol. The van der Waals surface area contributed by atoms with E-state index >= 15 is 0 Å². The second kappa shape index (κ2) is 6.77. The molecule has 0 atom stereocenters. The van der Waals surface area contributed by atoms with Crippen molar-refractivity contribution in [1.82, 2.24) is 9.78 Å². The summed E-state index contributed by atoms with van der Waals surface area (Å²) in [6.07, 6.45) is 4.13. The van der Waals surface area contributed by atoms with E-state index in [4.69, 9.17) is 23.2 Å². The van der Waals surface area contributed by atoms with E-state index in [0.717, 1.165) is 18.5 Å². The number of hydrogen-bond acceptors (Lipinski definition) is 2. The molecule has 0 bridgehead atoms. The van der Waals surface area contributed by atoms with Crippen LogP contribution >= 0.6 is 23.2 Å². The first-order chi connectivity index (χ1) is 9.60. The Morgan fingerprint density at radius 2 is 2.10 bits per heavy atom. The van der Waals surface area contributed by atoms with Gasteiger partial charge in [-0.05, 0) is 24.6 Å². The number of nitrogens with zero attached hydrogens (tertiary/aromatic N) is 2. The number of halogens is 2. The number of benzene rings is 1. The van der Waals surface area contributed by atoms with Crippen molar-refractivity contribution in [3.05, 3.63) is 40.5 Å². The molecule has 1 aromatic heterocycles. The molecule has 0 fully saturated rings. The molecule has 20 heavy (non-hydrogen) atoms. The molecule has 0 aliphatic carbocycles. The van der Waals surface area contributed by atoms with Gasteiger partial charge in [0, 0.05) is 18.7 Å². The van der Waals surface area contributed by atoms with Gasteiger partial charge in [-0.15, -0.1) is 0 Å². The first kappa shape index (κ1) is 14.9. The summed E-state index contributed by atoms with van der Waals surface area (Å²) in [6.45, 7) is 2.05. The van der Waals surface area contributed by atoms with Gasteiger partial charge in [0.25, 0.3) is 0 Å². The predicted molar refractivity (Wildman–Crippen MR) is 81.7 cm³/mol. The van der Waals surface area contributed by atoms with Gasteiger partial charge in [-0.3, -0.25) is 4.79 Å². The van der Waals surface area contributed by atoms with Crippen LogP contribution in [0.25, 0.3) is 5.69 Å². The van der Waals surface area contributed by atoms with Crippen LogP contribution in [0.4, 0.5) is 5.82 Å². The zero-order chi connectivity index (χ0) is 14.5. The Bertz CT molecular complexity index is 610. The molecule has 1 amide bonds. The highest BCUT2D eigenvalue weighted by Crippen LogP contribution is 2.24. The first-order valence-corrected chi connectivity index (χ1v) is 7.16. The maximum atomic E-state index is 11.6. The number of carbonyl (C=O) groups excluding carboxylic acids is 1. The lowest BCUT2D eigenvalue weighted by atomic mass is 10.2. The van der Waals surface area contributed by atoms with Gasteiger partial charge in [0.1, 0.15) is 0 Å². The van der Waals surface area contributed by atoms with Crippen molar-refractivity contribution in [3.8, 4) is 5.69 Å². The zero-order valence-corrected chi connectivity index (χ0v) is 12.6. The fourth-order valence-corrected chi connectivity index (χ4v) is 2.00. The lowest BCUT2D eigenvalue weighted by Gasteiger charge is -2.03. The lowest BCUT2D eigenvalue weighted by Crippen LogP contribution is -2.11. The van der Waals surface area contributed by atoms with E-state index in [9.17, 15) is 4.79 Å². The SMILES string of the molecule is CCCCC(=O)Nc1ccn(-c2ccc(Cl)c(Cl)c2)n1. The van der Waals surface area contributed by atoms with Crippen LogP contribution in [0, 0.1) is 0 Å². The summed E-state index contributed by atoms with van der Waals surface area (Å²) in [5.41, 5.74) is 0.786. The van der Waals surface area contributed by atoms with E-state index in [1.54, 1.807) is 29.1 Å². The minimum absolute atomic E-state index is 0.0220. The third-order valence-electron chi connectivity index (χ3n) is 2.78. The summed E-state index contributed by atoms with van der Waals surface area (Å²) >= 11 is 11.8. The van der Waals surface area contributed by atoms with E-state index in [2.05, 4.69) is 10.4 Å². The number of carbonyl (C=O) groups is 1. The number of rotatable bonds is 5. The van der Waals surface area contributed by atoms with Gasteiger partial charge in [-0.2, -0.15) is 5.10 Å². The van der Waals surface area contributed by atoms with Crippen molar-refractivity contribution in [1.29, 1.82) is 0 Å². The molecular weight excluding hydrogens is 297 g/mol. The van der Waals surface area contributed by atoms with Crippen molar-refractivity contribution in [2.75, 3.05) is 5.32 Å². The highest BCUT2D eigenvalue weighted by atomic mass is 35.5. The van der Waals surface area contributed by atoms with Crippen LogP contribution < -0.4 is 5.32 Å². The summed E-state index contributed by atoms with van der Waals surface area (Å²) < 4.78 is 1.64. The highest BCUT2D eigenvalue weighted by molar-refractivity contribution is 6.42. The van der Waals surface area contributed by atoms with Crippen LogP contribution in [0.2, 0.25) is 10.0 Å². The maximum absolute atomic E-state index is 11.6. The molecule has 6 heteroatoms. The summed E-state index contributed by atoms with van der Waals surface area (Å²) in [6, 6.07) is 6.98. The summed E-state index contributed by atoms with van der Waals surface area (Å²) in [7, 11) is 0. The summed E-state index contributed by atoms with van der Waals surface area (Å²) in [4.78, 5) is 11.6. The fourth-order valence-electron chi connectivity index (χ4n) is 1.70. The molecule has 0 unspecified atom stereocenters. The Balaban J connectivity index is 2.08. The molecule has 1 aromatic carbocycles. The second-order valence-electron chi connectivity index (χ2n) is 4.40. The molecule has 0 saturated carbocycles. The Hall–Kier alpha value is -1.52. The largest absolute Gasteiger partial charge is 0.309 e. The molecule has 0 radical (unpaired) electrons. The Kier molecular flexibility index (Phi) is 5.04. The average Bonchev–Trinajstić information content (AvgIpc) is 2.88. The average molecular weight is 312 g/mol. The number of nitrogens with one attached hydrogen (secondary N) is 1. The van der Waals surface area contributed by atoms with Crippen LogP contribution in [0.15, 0.2) is 30.5 Å². The van der Waals surface area contributed by atoms with Gasteiger partial charge < -0.3 is 5.32 Å². The van der Waals surface area contributed by atoms with Gasteiger partial charge in [-0.1, -0.05) is 36.5 Å². The van der Waals surface area contributed by atoms with E-state index in [1.807, 2.05) is 13.0 Å². The third kappa shape index (κ3) is 3.74. The molecule has 0 saturated heterocycles. The lowest BCUT2D eigenvalue weighted by molar-refractivity contribution is -0.116.